The monoisotopic (exact) mass is 244 g/mol. The molecule has 4 nitrogen and oxygen atoms in total. The zero-order chi connectivity index (χ0) is 12.5. The quantitative estimate of drug-likeness (QED) is 0.852. The molecular weight excluding hydrogens is 228 g/mol. The molecule has 3 rings (SSSR count). The molecule has 0 radical (unpaired) electrons. The van der Waals surface area contributed by atoms with E-state index < -0.39 is 12.0 Å². The number of carboxylic acids is 1. The Morgan fingerprint density at radius 2 is 2.11 bits per heavy atom. The van der Waals surface area contributed by atoms with Gasteiger partial charge in [0, 0.05) is 12.2 Å². The zero-order valence-electron chi connectivity index (χ0n) is 10.1. The smallest absolute Gasteiger partial charge is 0.327 e. The summed E-state index contributed by atoms with van der Waals surface area (Å²) in [4.78, 5) is 11.4. The zero-order valence-corrected chi connectivity index (χ0v) is 10.1. The SMILES string of the molecule is O=C(O)C1C2=C(CCC2)NN1Cc1ccccc1. The minimum Gasteiger partial charge on any atom is -0.480 e. The van der Waals surface area contributed by atoms with Gasteiger partial charge in [0.25, 0.3) is 0 Å². The highest BCUT2D eigenvalue weighted by atomic mass is 16.4. The van der Waals surface area contributed by atoms with Crippen LogP contribution in [0.3, 0.4) is 0 Å². The van der Waals surface area contributed by atoms with Crippen LogP contribution in [-0.2, 0) is 11.3 Å². The van der Waals surface area contributed by atoms with Gasteiger partial charge >= 0.3 is 5.97 Å². The predicted molar refractivity (Wildman–Crippen MR) is 67.4 cm³/mol. The third-order valence-corrected chi connectivity index (χ3v) is 3.61. The fourth-order valence-electron chi connectivity index (χ4n) is 2.82. The van der Waals surface area contributed by atoms with Crippen LogP contribution in [0, 0.1) is 0 Å². The van der Waals surface area contributed by atoms with Gasteiger partial charge in [-0.25, -0.2) is 5.01 Å². The number of hydrazine groups is 1. The van der Waals surface area contributed by atoms with Gasteiger partial charge in [0.1, 0.15) is 6.04 Å². The second kappa shape index (κ2) is 4.46. The van der Waals surface area contributed by atoms with Crippen molar-refractivity contribution in [2.45, 2.75) is 31.8 Å². The van der Waals surface area contributed by atoms with E-state index in [0.717, 1.165) is 36.1 Å². The lowest BCUT2D eigenvalue weighted by Crippen LogP contribution is -2.43. The topological polar surface area (TPSA) is 52.6 Å². The van der Waals surface area contributed by atoms with Crippen molar-refractivity contribution in [2.24, 2.45) is 0 Å². The molecule has 1 aliphatic heterocycles. The molecule has 2 N–H and O–H groups in total. The van der Waals surface area contributed by atoms with E-state index in [1.807, 2.05) is 35.3 Å². The Labute approximate surface area is 106 Å². The summed E-state index contributed by atoms with van der Waals surface area (Å²) in [6.45, 7) is 0.616. The fourth-order valence-corrected chi connectivity index (χ4v) is 2.82. The Balaban J connectivity index is 1.80. The van der Waals surface area contributed by atoms with Crippen LogP contribution in [0.2, 0.25) is 0 Å². The third-order valence-electron chi connectivity index (χ3n) is 3.61. The molecular formula is C14H16N2O2. The number of hydrogen-bond donors (Lipinski definition) is 2. The lowest BCUT2D eigenvalue weighted by atomic mass is 10.1. The number of aliphatic carboxylic acids is 1. The van der Waals surface area contributed by atoms with E-state index in [-0.39, 0.29) is 0 Å². The fraction of sp³-hybridized carbons (Fsp3) is 0.357. The van der Waals surface area contributed by atoms with E-state index in [0.29, 0.717) is 6.54 Å². The van der Waals surface area contributed by atoms with Crippen LogP contribution in [0.25, 0.3) is 0 Å². The highest BCUT2D eigenvalue weighted by molar-refractivity contribution is 5.78. The first-order valence-electron chi connectivity index (χ1n) is 6.27. The van der Waals surface area contributed by atoms with Crippen LogP contribution >= 0.6 is 0 Å². The summed E-state index contributed by atoms with van der Waals surface area (Å²) in [5, 5.41) is 11.2. The molecule has 2 aliphatic rings. The van der Waals surface area contributed by atoms with E-state index in [4.69, 9.17) is 0 Å². The molecule has 1 unspecified atom stereocenters. The molecule has 0 saturated heterocycles. The third kappa shape index (κ3) is 1.88. The van der Waals surface area contributed by atoms with Crippen molar-refractivity contribution in [1.82, 2.24) is 10.4 Å². The Kier molecular flexibility index (Phi) is 2.80. The van der Waals surface area contributed by atoms with Crippen molar-refractivity contribution in [2.75, 3.05) is 0 Å². The molecule has 0 amide bonds. The first-order valence-corrected chi connectivity index (χ1v) is 6.27. The van der Waals surface area contributed by atoms with Crippen molar-refractivity contribution >= 4 is 5.97 Å². The average Bonchev–Trinajstić information content (AvgIpc) is 2.89. The van der Waals surface area contributed by atoms with Crippen LogP contribution in [-0.4, -0.2) is 22.1 Å². The first kappa shape index (κ1) is 11.3. The molecule has 94 valence electrons. The molecule has 18 heavy (non-hydrogen) atoms. The second-order valence-corrected chi connectivity index (χ2v) is 4.82. The molecule has 4 heteroatoms. The summed E-state index contributed by atoms with van der Waals surface area (Å²) in [5.74, 6) is -0.759. The number of nitrogens with one attached hydrogen (secondary N) is 1. The van der Waals surface area contributed by atoms with E-state index in [1.165, 1.54) is 0 Å². The van der Waals surface area contributed by atoms with Gasteiger partial charge in [0.05, 0.1) is 0 Å². The Morgan fingerprint density at radius 1 is 1.33 bits per heavy atom. The second-order valence-electron chi connectivity index (χ2n) is 4.82. The number of carbonyl (C=O) groups is 1. The van der Waals surface area contributed by atoms with E-state index in [9.17, 15) is 9.90 Å². The van der Waals surface area contributed by atoms with Gasteiger partial charge in [-0.05, 0) is 30.4 Å². The number of carboxylic acid groups (broad SMARTS) is 1. The summed E-state index contributed by atoms with van der Waals surface area (Å²) < 4.78 is 0. The molecule has 0 saturated carbocycles. The lowest BCUT2D eigenvalue weighted by Gasteiger charge is -2.24. The molecule has 1 aromatic carbocycles. The normalized spacial score (nSPS) is 23.0. The predicted octanol–water partition coefficient (Wildman–Crippen LogP) is 1.90. The Bertz CT molecular complexity index is 496. The number of nitrogens with zero attached hydrogens (tertiary/aromatic N) is 1. The van der Waals surface area contributed by atoms with Gasteiger partial charge in [-0.3, -0.25) is 4.79 Å². The van der Waals surface area contributed by atoms with Gasteiger partial charge < -0.3 is 10.5 Å². The van der Waals surface area contributed by atoms with Crippen molar-refractivity contribution in [3.8, 4) is 0 Å². The van der Waals surface area contributed by atoms with Crippen LogP contribution in [0.5, 0.6) is 0 Å². The van der Waals surface area contributed by atoms with Gasteiger partial charge in [0.15, 0.2) is 0 Å². The summed E-state index contributed by atoms with van der Waals surface area (Å²) in [7, 11) is 0. The van der Waals surface area contributed by atoms with Crippen LogP contribution in [0.15, 0.2) is 41.6 Å². The number of hydrogen-bond acceptors (Lipinski definition) is 3. The van der Waals surface area contributed by atoms with Crippen molar-refractivity contribution in [1.29, 1.82) is 0 Å². The molecule has 1 heterocycles. The summed E-state index contributed by atoms with van der Waals surface area (Å²) in [6.07, 6.45) is 2.95. The van der Waals surface area contributed by atoms with Gasteiger partial charge in [0.2, 0.25) is 0 Å². The number of benzene rings is 1. The minimum absolute atomic E-state index is 0.497. The van der Waals surface area contributed by atoms with Gasteiger partial charge in [-0.2, -0.15) is 0 Å². The lowest BCUT2D eigenvalue weighted by molar-refractivity contribution is -0.142. The molecule has 0 aromatic heterocycles. The van der Waals surface area contributed by atoms with E-state index >= 15 is 0 Å². The van der Waals surface area contributed by atoms with Gasteiger partial charge in [-0.1, -0.05) is 30.3 Å². The van der Waals surface area contributed by atoms with Gasteiger partial charge in [-0.15, -0.1) is 0 Å². The van der Waals surface area contributed by atoms with Crippen LogP contribution in [0.1, 0.15) is 24.8 Å². The molecule has 1 aromatic rings. The largest absolute Gasteiger partial charge is 0.480 e. The number of allylic oxidation sites excluding steroid dienone is 1. The molecule has 0 spiro atoms. The Hall–Kier alpha value is -1.81. The van der Waals surface area contributed by atoms with Crippen molar-refractivity contribution in [3.05, 3.63) is 47.2 Å². The first-order chi connectivity index (χ1) is 8.75. The minimum atomic E-state index is -0.759. The maximum atomic E-state index is 11.4. The molecule has 0 bridgehead atoms. The molecule has 1 aliphatic carbocycles. The maximum absolute atomic E-state index is 11.4. The van der Waals surface area contributed by atoms with Crippen LogP contribution < -0.4 is 5.43 Å². The maximum Gasteiger partial charge on any atom is 0.327 e. The standard InChI is InChI=1S/C14H16N2O2/c17-14(18)13-11-7-4-8-12(11)15-16(13)9-10-5-2-1-3-6-10/h1-3,5-6,13,15H,4,7-9H2,(H,17,18). The summed E-state index contributed by atoms with van der Waals surface area (Å²) in [5.41, 5.74) is 6.58. The number of rotatable bonds is 3. The molecule has 1 atom stereocenters. The summed E-state index contributed by atoms with van der Waals surface area (Å²) in [6, 6.07) is 9.45. The van der Waals surface area contributed by atoms with E-state index in [1.54, 1.807) is 0 Å². The highest BCUT2D eigenvalue weighted by Gasteiger charge is 2.39. The Morgan fingerprint density at radius 3 is 2.83 bits per heavy atom. The average molecular weight is 244 g/mol. The van der Waals surface area contributed by atoms with E-state index in [2.05, 4.69) is 5.43 Å². The highest BCUT2D eigenvalue weighted by Crippen LogP contribution is 2.34. The van der Waals surface area contributed by atoms with Crippen LogP contribution in [0.4, 0.5) is 0 Å². The molecule has 0 fully saturated rings. The van der Waals surface area contributed by atoms with Crippen molar-refractivity contribution in [3.63, 3.8) is 0 Å². The van der Waals surface area contributed by atoms with Crippen molar-refractivity contribution < 1.29 is 9.90 Å². The summed E-state index contributed by atoms with van der Waals surface area (Å²) >= 11 is 0.